The zero-order chi connectivity index (χ0) is 22.1. The summed E-state index contributed by atoms with van der Waals surface area (Å²) in [6, 6.07) is 26.4. The number of benzene rings is 3. The number of hydrogen-bond acceptors (Lipinski definition) is 3. The molecule has 0 bridgehead atoms. The summed E-state index contributed by atoms with van der Waals surface area (Å²) in [5.74, 6) is -0.216. The van der Waals surface area contributed by atoms with Crippen molar-refractivity contribution in [2.45, 2.75) is 19.8 Å². The monoisotopic (exact) mass is 431 g/mol. The van der Waals surface area contributed by atoms with E-state index in [-0.39, 0.29) is 16.9 Å². The van der Waals surface area contributed by atoms with Crippen LogP contribution in [0.1, 0.15) is 29.3 Å². The summed E-state index contributed by atoms with van der Waals surface area (Å²) in [5.41, 5.74) is 3.24. The van der Waals surface area contributed by atoms with Crippen molar-refractivity contribution < 1.29 is 9.59 Å². The lowest BCUT2D eigenvalue weighted by Gasteiger charge is -2.21. The Hall–Kier alpha value is -3.51. The van der Waals surface area contributed by atoms with Crippen molar-refractivity contribution in [3.63, 3.8) is 0 Å². The Balaban J connectivity index is 1.53. The number of rotatable bonds is 7. The van der Waals surface area contributed by atoms with Crippen molar-refractivity contribution in [2.75, 3.05) is 16.8 Å². The zero-order valence-corrected chi connectivity index (χ0v) is 18.2. The number of thiocarbonyl (C=S) groups is 1. The number of nitrogens with zero attached hydrogens (tertiary/aromatic N) is 1. The largest absolute Gasteiger partial charge is 0.332 e. The van der Waals surface area contributed by atoms with Crippen molar-refractivity contribution in [3.8, 4) is 0 Å². The van der Waals surface area contributed by atoms with Gasteiger partial charge in [-0.1, -0.05) is 48.5 Å². The van der Waals surface area contributed by atoms with E-state index in [0.717, 1.165) is 11.3 Å². The summed E-state index contributed by atoms with van der Waals surface area (Å²) in [7, 11) is 0. The van der Waals surface area contributed by atoms with E-state index in [0.29, 0.717) is 30.6 Å². The van der Waals surface area contributed by atoms with Gasteiger partial charge >= 0.3 is 0 Å². The van der Waals surface area contributed by atoms with Crippen molar-refractivity contribution in [1.29, 1.82) is 0 Å². The standard InChI is InChI=1S/C25H25N3O2S/c1-2-28(22-11-7-4-8-12-22)24(30)20-14-16-21(17-15-20)26-25(31)27-23(29)18-13-19-9-5-3-6-10-19/h3-12,14-17H,2,13,18H2,1H3,(H2,26,27,29,31). The van der Waals surface area contributed by atoms with Crippen LogP contribution >= 0.6 is 12.2 Å². The second kappa shape index (κ2) is 11.0. The molecule has 0 atom stereocenters. The van der Waals surface area contributed by atoms with Crippen molar-refractivity contribution >= 4 is 40.5 Å². The molecule has 0 saturated carbocycles. The highest BCUT2D eigenvalue weighted by Crippen LogP contribution is 2.18. The lowest BCUT2D eigenvalue weighted by Crippen LogP contribution is -2.34. The lowest BCUT2D eigenvalue weighted by molar-refractivity contribution is -0.119. The molecule has 0 aromatic heterocycles. The molecule has 0 radical (unpaired) electrons. The number of anilines is 2. The molecule has 0 unspecified atom stereocenters. The summed E-state index contributed by atoms with van der Waals surface area (Å²) in [5, 5.41) is 5.91. The van der Waals surface area contributed by atoms with Crippen LogP contribution in [0.5, 0.6) is 0 Å². The Morgan fingerprint density at radius 1 is 0.871 bits per heavy atom. The van der Waals surface area contributed by atoms with Crippen LogP contribution in [0, 0.1) is 0 Å². The van der Waals surface area contributed by atoms with Crippen molar-refractivity contribution in [3.05, 3.63) is 96.1 Å². The Kier molecular flexibility index (Phi) is 7.90. The average Bonchev–Trinajstić information content (AvgIpc) is 2.80. The molecule has 3 rings (SSSR count). The van der Waals surface area contributed by atoms with Gasteiger partial charge in [-0.3, -0.25) is 9.59 Å². The van der Waals surface area contributed by atoms with Gasteiger partial charge in [-0.15, -0.1) is 0 Å². The maximum Gasteiger partial charge on any atom is 0.258 e. The molecule has 2 amide bonds. The van der Waals surface area contributed by atoms with Gasteiger partial charge in [0.05, 0.1) is 0 Å². The van der Waals surface area contributed by atoms with Gasteiger partial charge in [0.1, 0.15) is 0 Å². The van der Waals surface area contributed by atoms with Crippen LogP contribution in [0.15, 0.2) is 84.9 Å². The van der Waals surface area contributed by atoms with E-state index in [1.807, 2.05) is 67.6 Å². The van der Waals surface area contributed by atoms with Crippen LogP contribution in [-0.2, 0) is 11.2 Å². The number of amides is 2. The summed E-state index contributed by atoms with van der Waals surface area (Å²) in [6.45, 7) is 2.52. The zero-order valence-electron chi connectivity index (χ0n) is 17.4. The highest BCUT2D eigenvalue weighted by Gasteiger charge is 2.15. The first-order valence-electron chi connectivity index (χ1n) is 10.2. The SMILES string of the molecule is CCN(C(=O)c1ccc(NC(=S)NC(=O)CCc2ccccc2)cc1)c1ccccc1. The summed E-state index contributed by atoms with van der Waals surface area (Å²) < 4.78 is 0. The third-order valence-corrected chi connectivity index (χ3v) is 4.96. The second-order valence-electron chi connectivity index (χ2n) is 6.95. The number of aryl methyl sites for hydroxylation is 1. The van der Waals surface area contributed by atoms with Crippen LogP contribution < -0.4 is 15.5 Å². The molecule has 0 aliphatic rings. The maximum atomic E-state index is 12.9. The first kappa shape index (κ1) is 22.2. The first-order chi connectivity index (χ1) is 15.1. The molecule has 3 aromatic carbocycles. The van der Waals surface area contributed by atoms with Gasteiger partial charge in [0, 0.05) is 29.9 Å². The van der Waals surface area contributed by atoms with Crippen LogP contribution in [0.4, 0.5) is 11.4 Å². The van der Waals surface area contributed by atoms with Gasteiger partial charge in [0.2, 0.25) is 5.91 Å². The summed E-state index contributed by atoms with van der Waals surface area (Å²) in [6.07, 6.45) is 1.01. The van der Waals surface area contributed by atoms with Crippen LogP contribution in [-0.4, -0.2) is 23.5 Å². The van der Waals surface area contributed by atoms with Gasteiger partial charge in [-0.25, -0.2) is 0 Å². The number of hydrogen-bond donors (Lipinski definition) is 2. The quantitative estimate of drug-likeness (QED) is 0.528. The van der Waals surface area contributed by atoms with E-state index in [1.54, 1.807) is 29.2 Å². The Bertz CT molecular complexity index is 1020. The highest BCUT2D eigenvalue weighted by molar-refractivity contribution is 7.80. The summed E-state index contributed by atoms with van der Waals surface area (Å²) in [4.78, 5) is 26.7. The minimum Gasteiger partial charge on any atom is -0.332 e. The van der Waals surface area contributed by atoms with Gasteiger partial charge in [-0.2, -0.15) is 0 Å². The summed E-state index contributed by atoms with van der Waals surface area (Å²) >= 11 is 5.23. The fraction of sp³-hybridized carbons (Fsp3) is 0.160. The number of nitrogens with one attached hydrogen (secondary N) is 2. The van der Waals surface area contributed by atoms with E-state index in [2.05, 4.69) is 10.6 Å². The topological polar surface area (TPSA) is 61.4 Å². The predicted octanol–water partition coefficient (Wildman–Crippen LogP) is 4.80. The molecule has 3 aromatic rings. The predicted molar refractivity (Wildman–Crippen MR) is 129 cm³/mol. The molecular formula is C25H25N3O2S. The smallest absolute Gasteiger partial charge is 0.258 e. The van der Waals surface area contributed by atoms with E-state index < -0.39 is 0 Å². The third-order valence-electron chi connectivity index (χ3n) is 4.76. The minimum atomic E-state index is -0.144. The molecule has 0 fully saturated rings. The fourth-order valence-electron chi connectivity index (χ4n) is 3.16. The van der Waals surface area contributed by atoms with Crippen molar-refractivity contribution in [2.24, 2.45) is 0 Å². The molecule has 158 valence electrons. The first-order valence-corrected chi connectivity index (χ1v) is 10.6. The van der Waals surface area contributed by atoms with E-state index >= 15 is 0 Å². The Morgan fingerprint density at radius 2 is 1.48 bits per heavy atom. The van der Waals surface area contributed by atoms with E-state index in [1.165, 1.54) is 0 Å². The molecule has 0 saturated heterocycles. The molecule has 5 nitrogen and oxygen atoms in total. The van der Waals surface area contributed by atoms with Crippen LogP contribution in [0.25, 0.3) is 0 Å². The minimum absolute atomic E-state index is 0.0722. The molecule has 2 N–H and O–H groups in total. The number of carbonyl (C=O) groups excluding carboxylic acids is 2. The average molecular weight is 432 g/mol. The molecule has 0 aliphatic carbocycles. The van der Waals surface area contributed by atoms with Gasteiger partial charge in [-0.05, 0) is 67.5 Å². The number of carbonyl (C=O) groups is 2. The molecule has 6 heteroatoms. The van der Waals surface area contributed by atoms with Crippen LogP contribution in [0.3, 0.4) is 0 Å². The van der Waals surface area contributed by atoms with E-state index in [9.17, 15) is 9.59 Å². The fourth-order valence-corrected chi connectivity index (χ4v) is 3.39. The normalized spacial score (nSPS) is 10.2. The molecule has 0 aliphatic heterocycles. The highest BCUT2D eigenvalue weighted by atomic mass is 32.1. The number of para-hydroxylation sites is 1. The molecular weight excluding hydrogens is 406 g/mol. The maximum absolute atomic E-state index is 12.9. The third kappa shape index (κ3) is 6.49. The Morgan fingerprint density at radius 3 is 2.10 bits per heavy atom. The Labute approximate surface area is 188 Å². The molecule has 0 heterocycles. The van der Waals surface area contributed by atoms with Gasteiger partial charge in [0.25, 0.3) is 5.91 Å². The molecule has 31 heavy (non-hydrogen) atoms. The second-order valence-corrected chi connectivity index (χ2v) is 7.36. The van der Waals surface area contributed by atoms with E-state index in [4.69, 9.17) is 12.2 Å². The lowest BCUT2D eigenvalue weighted by atomic mass is 10.1. The van der Waals surface area contributed by atoms with Gasteiger partial charge in [0.15, 0.2) is 5.11 Å². The molecule has 0 spiro atoms. The van der Waals surface area contributed by atoms with Gasteiger partial charge < -0.3 is 15.5 Å². The van der Waals surface area contributed by atoms with Crippen molar-refractivity contribution in [1.82, 2.24) is 5.32 Å². The van der Waals surface area contributed by atoms with Crippen LogP contribution in [0.2, 0.25) is 0 Å².